The van der Waals surface area contributed by atoms with E-state index in [1.165, 1.54) is 5.69 Å². The molecular formula is C28H26ClN7. The van der Waals surface area contributed by atoms with E-state index in [1.54, 1.807) is 6.20 Å². The maximum absolute atomic E-state index is 6.38. The summed E-state index contributed by atoms with van der Waals surface area (Å²) in [6.45, 7) is 4.95. The maximum Gasteiger partial charge on any atom is 0.137 e. The predicted molar refractivity (Wildman–Crippen MR) is 146 cm³/mol. The Labute approximate surface area is 214 Å². The first kappa shape index (κ1) is 22.5. The van der Waals surface area contributed by atoms with Crippen molar-refractivity contribution in [3.8, 4) is 11.1 Å². The number of benzene rings is 1. The Morgan fingerprint density at radius 3 is 2.53 bits per heavy atom. The molecule has 1 aliphatic heterocycles. The number of piperazine rings is 1. The van der Waals surface area contributed by atoms with Crippen LogP contribution in [0.1, 0.15) is 5.69 Å². The third-order valence-electron chi connectivity index (χ3n) is 6.55. The van der Waals surface area contributed by atoms with Crippen LogP contribution >= 0.6 is 11.6 Å². The fraction of sp³-hybridized carbons (Fsp3) is 0.179. The van der Waals surface area contributed by atoms with Crippen molar-refractivity contribution in [2.75, 3.05) is 36.4 Å². The molecule has 0 amide bonds. The number of aromatic nitrogens is 4. The van der Waals surface area contributed by atoms with E-state index in [0.29, 0.717) is 11.0 Å². The number of anilines is 3. The van der Waals surface area contributed by atoms with E-state index in [4.69, 9.17) is 11.6 Å². The molecule has 0 bridgehead atoms. The lowest BCUT2D eigenvalue weighted by molar-refractivity contribution is 0.247. The van der Waals surface area contributed by atoms with Gasteiger partial charge < -0.3 is 15.2 Å². The van der Waals surface area contributed by atoms with E-state index in [9.17, 15) is 0 Å². The summed E-state index contributed by atoms with van der Waals surface area (Å²) in [5, 5.41) is 4.89. The molecule has 7 nitrogen and oxygen atoms in total. The highest BCUT2D eigenvalue weighted by Crippen LogP contribution is 2.31. The zero-order valence-electron chi connectivity index (χ0n) is 19.7. The molecule has 1 saturated heterocycles. The molecule has 0 saturated carbocycles. The standard InChI is InChI=1S/C28H26ClN7/c29-26-16-20(25-18-32-28-24(25)5-3-11-31-28)17-27(34-26)33-21-6-8-23(9-7-21)36-14-12-35(13-15-36)19-22-4-1-2-10-30-22/h1-11,16-18H,12-15,19H2,(H,31,32)(H,33,34). The van der Waals surface area contributed by atoms with E-state index in [2.05, 4.69) is 65.4 Å². The normalized spacial score (nSPS) is 14.3. The third-order valence-corrected chi connectivity index (χ3v) is 6.74. The average molecular weight is 496 g/mol. The summed E-state index contributed by atoms with van der Waals surface area (Å²) in [5.41, 5.74) is 6.20. The van der Waals surface area contributed by atoms with Crippen molar-refractivity contribution in [1.82, 2.24) is 24.8 Å². The van der Waals surface area contributed by atoms with Gasteiger partial charge in [0.05, 0.1) is 5.69 Å². The van der Waals surface area contributed by atoms with Crippen molar-refractivity contribution in [3.05, 3.63) is 96.2 Å². The van der Waals surface area contributed by atoms with Crippen molar-refractivity contribution >= 4 is 39.8 Å². The number of nitrogens with zero attached hydrogens (tertiary/aromatic N) is 5. The van der Waals surface area contributed by atoms with Crippen LogP contribution in [0.4, 0.5) is 17.2 Å². The molecule has 36 heavy (non-hydrogen) atoms. The van der Waals surface area contributed by atoms with Crippen molar-refractivity contribution in [2.45, 2.75) is 6.54 Å². The van der Waals surface area contributed by atoms with Gasteiger partial charge in [0.25, 0.3) is 0 Å². The Balaban J connectivity index is 1.12. The quantitative estimate of drug-likeness (QED) is 0.293. The third kappa shape index (κ3) is 4.89. The molecule has 0 aliphatic carbocycles. The van der Waals surface area contributed by atoms with Crippen molar-refractivity contribution in [3.63, 3.8) is 0 Å². The van der Waals surface area contributed by atoms with Gasteiger partial charge in [-0.15, -0.1) is 0 Å². The highest BCUT2D eigenvalue weighted by atomic mass is 35.5. The number of halogens is 1. The number of hydrogen-bond donors (Lipinski definition) is 2. The lowest BCUT2D eigenvalue weighted by Crippen LogP contribution is -2.46. The van der Waals surface area contributed by atoms with Gasteiger partial charge in [0.15, 0.2) is 0 Å². The Morgan fingerprint density at radius 1 is 0.889 bits per heavy atom. The molecule has 1 aromatic carbocycles. The lowest BCUT2D eigenvalue weighted by Gasteiger charge is -2.36. The summed E-state index contributed by atoms with van der Waals surface area (Å²) in [6, 6.07) is 22.5. The molecule has 5 heterocycles. The molecule has 8 heteroatoms. The molecule has 0 radical (unpaired) electrons. The Morgan fingerprint density at radius 2 is 1.72 bits per heavy atom. The van der Waals surface area contributed by atoms with E-state index in [-0.39, 0.29) is 0 Å². The molecule has 0 spiro atoms. The minimum Gasteiger partial charge on any atom is -0.369 e. The van der Waals surface area contributed by atoms with E-state index < -0.39 is 0 Å². The molecule has 6 rings (SSSR count). The molecule has 5 aromatic rings. The van der Waals surface area contributed by atoms with Crippen LogP contribution in [0.2, 0.25) is 5.15 Å². The summed E-state index contributed by atoms with van der Waals surface area (Å²) in [6.07, 6.45) is 5.60. The molecule has 1 fully saturated rings. The van der Waals surface area contributed by atoms with E-state index in [1.807, 2.05) is 48.8 Å². The lowest BCUT2D eigenvalue weighted by atomic mass is 10.1. The van der Waals surface area contributed by atoms with Crippen molar-refractivity contribution < 1.29 is 0 Å². The van der Waals surface area contributed by atoms with Gasteiger partial charge in [-0.1, -0.05) is 17.7 Å². The summed E-state index contributed by atoms with van der Waals surface area (Å²) in [7, 11) is 0. The van der Waals surface area contributed by atoms with Gasteiger partial charge in [-0.05, 0) is 66.2 Å². The van der Waals surface area contributed by atoms with Gasteiger partial charge in [-0.3, -0.25) is 9.88 Å². The van der Waals surface area contributed by atoms with Gasteiger partial charge in [-0.25, -0.2) is 9.97 Å². The fourth-order valence-electron chi connectivity index (χ4n) is 4.70. The highest BCUT2D eigenvalue weighted by Gasteiger charge is 2.18. The minimum absolute atomic E-state index is 0.438. The van der Waals surface area contributed by atoms with Gasteiger partial charge in [0.2, 0.25) is 0 Å². The van der Waals surface area contributed by atoms with Crippen LogP contribution in [-0.4, -0.2) is 51.0 Å². The van der Waals surface area contributed by atoms with Crippen LogP contribution in [0.3, 0.4) is 0 Å². The molecule has 1 aliphatic rings. The molecule has 4 aromatic heterocycles. The van der Waals surface area contributed by atoms with E-state index >= 15 is 0 Å². The number of rotatable bonds is 6. The van der Waals surface area contributed by atoms with Crippen molar-refractivity contribution in [2.24, 2.45) is 0 Å². The van der Waals surface area contributed by atoms with Crippen LogP contribution in [0.25, 0.3) is 22.2 Å². The summed E-state index contributed by atoms with van der Waals surface area (Å²) < 4.78 is 0. The second kappa shape index (κ2) is 9.97. The molecule has 0 atom stereocenters. The van der Waals surface area contributed by atoms with Crippen molar-refractivity contribution in [1.29, 1.82) is 0 Å². The predicted octanol–water partition coefficient (Wildman–Crippen LogP) is 5.74. The number of aromatic amines is 1. The number of nitrogens with one attached hydrogen (secondary N) is 2. The number of H-pyrrole nitrogens is 1. The van der Waals surface area contributed by atoms with Gasteiger partial charge in [0, 0.05) is 73.6 Å². The number of fused-ring (bicyclic) bond motifs is 1. The highest BCUT2D eigenvalue weighted by molar-refractivity contribution is 6.29. The Bertz CT molecular complexity index is 1460. The second-order valence-electron chi connectivity index (χ2n) is 8.92. The second-order valence-corrected chi connectivity index (χ2v) is 9.31. The van der Waals surface area contributed by atoms with Crippen LogP contribution in [0.15, 0.2) is 85.3 Å². The van der Waals surface area contributed by atoms with Crippen LogP contribution in [0, 0.1) is 0 Å². The van der Waals surface area contributed by atoms with Crippen LogP contribution < -0.4 is 10.2 Å². The van der Waals surface area contributed by atoms with Crippen LogP contribution in [0.5, 0.6) is 0 Å². The zero-order chi connectivity index (χ0) is 24.3. The maximum atomic E-state index is 6.38. The first-order valence-corrected chi connectivity index (χ1v) is 12.4. The monoisotopic (exact) mass is 495 g/mol. The van der Waals surface area contributed by atoms with Gasteiger partial charge >= 0.3 is 0 Å². The average Bonchev–Trinajstić information content (AvgIpc) is 3.34. The molecule has 180 valence electrons. The molecule has 0 unspecified atom stereocenters. The first-order chi connectivity index (χ1) is 17.7. The largest absolute Gasteiger partial charge is 0.369 e. The minimum atomic E-state index is 0.438. The molecular weight excluding hydrogens is 470 g/mol. The van der Waals surface area contributed by atoms with Crippen LogP contribution in [-0.2, 0) is 6.54 Å². The zero-order valence-corrected chi connectivity index (χ0v) is 20.5. The topological polar surface area (TPSA) is 73.0 Å². The Hall–Kier alpha value is -3.94. The summed E-state index contributed by atoms with van der Waals surface area (Å²) in [5.74, 6) is 0.701. The summed E-state index contributed by atoms with van der Waals surface area (Å²) in [4.78, 5) is 21.4. The molecule has 2 N–H and O–H groups in total. The van der Waals surface area contributed by atoms with Gasteiger partial charge in [-0.2, -0.15) is 0 Å². The Kier molecular flexibility index (Phi) is 6.24. The fourth-order valence-corrected chi connectivity index (χ4v) is 4.91. The summed E-state index contributed by atoms with van der Waals surface area (Å²) >= 11 is 6.38. The smallest absolute Gasteiger partial charge is 0.137 e. The van der Waals surface area contributed by atoms with E-state index in [0.717, 1.165) is 66.3 Å². The van der Waals surface area contributed by atoms with Gasteiger partial charge in [0.1, 0.15) is 16.6 Å². The first-order valence-electron chi connectivity index (χ1n) is 12.1. The number of pyridine rings is 3. The SMILES string of the molecule is Clc1cc(-c2c[nH]c3ncccc23)cc(Nc2ccc(N3CCN(Cc4ccccn4)CC3)cc2)n1. The number of hydrogen-bond acceptors (Lipinski definition) is 6.